The van der Waals surface area contributed by atoms with Crippen LogP contribution in [0.15, 0.2) is 11.6 Å². The smallest absolute Gasteiger partial charge is 0.187 e. The summed E-state index contributed by atoms with van der Waals surface area (Å²) in [6, 6.07) is 0. The van der Waals surface area contributed by atoms with Crippen LogP contribution in [0.3, 0.4) is 0 Å². The number of fused-ring (bicyclic) bond motifs is 5. The van der Waals surface area contributed by atoms with Crippen LogP contribution in [0.1, 0.15) is 107 Å². The van der Waals surface area contributed by atoms with Crippen LogP contribution in [0.4, 0.5) is 0 Å². The van der Waals surface area contributed by atoms with Gasteiger partial charge in [-0.1, -0.05) is 53.2 Å². The molecule has 23 heteroatoms. The molecule has 77 heavy (non-hydrogen) atoms. The van der Waals surface area contributed by atoms with Crippen LogP contribution in [0.2, 0.25) is 0 Å². The first-order valence-corrected chi connectivity index (χ1v) is 27.9. The molecule has 3 saturated carbocycles. The van der Waals surface area contributed by atoms with Gasteiger partial charge in [0.1, 0.15) is 79.4 Å². The topological polar surface area (TPSA) is 388 Å². The van der Waals surface area contributed by atoms with Crippen LogP contribution < -0.4 is 0 Å². The second-order valence-electron chi connectivity index (χ2n) is 25.9. The van der Waals surface area contributed by atoms with Crippen LogP contribution in [-0.2, 0) is 33.2 Å². The van der Waals surface area contributed by atoms with Crippen molar-refractivity contribution in [2.24, 2.45) is 51.2 Å². The fraction of sp³-hybridized carbons (Fsp3) is 0.963. The maximum Gasteiger partial charge on any atom is 0.187 e. The summed E-state index contributed by atoms with van der Waals surface area (Å²) < 4.78 is 42.3. The van der Waals surface area contributed by atoms with E-state index in [4.69, 9.17) is 33.2 Å². The Hall–Kier alpha value is -1.18. The molecule has 0 spiro atoms. The van der Waals surface area contributed by atoms with Crippen LogP contribution in [0.5, 0.6) is 0 Å². The van der Waals surface area contributed by atoms with E-state index < -0.39 is 184 Å². The molecule has 4 aliphatic carbocycles. The Labute approximate surface area is 450 Å². The summed E-state index contributed by atoms with van der Waals surface area (Å²) in [6.45, 7) is 13.4. The Kier molecular flexibility index (Phi) is 18.6. The number of aliphatic hydroxyl groups excluding tert-OH is 15. The van der Waals surface area contributed by atoms with E-state index in [9.17, 15) is 81.7 Å². The van der Waals surface area contributed by atoms with Crippen molar-refractivity contribution in [3.8, 4) is 0 Å². The number of rotatable bonds is 16. The van der Waals surface area contributed by atoms with Gasteiger partial charge in [0.2, 0.25) is 0 Å². The summed E-state index contributed by atoms with van der Waals surface area (Å²) >= 11 is 0. The fourth-order valence-electron chi connectivity index (χ4n) is 16.1. The van der Waals surface area contributed by atoms with Crippen molar-refractivity contribution >= 4 is 0 Å². The first-order valence-electron chi connectivity index (χ1n) is 27.9. The molecular weight excluding hydrogens is 1020 g/mol. The van der Waals surface area contributed by atoms with Gasteiger partial charge in [0.15, 0.2) is 18.9 Å². The number of hydrogen-bond donors (Lipinski definition) is 16. The molecule has 16 N–H and O–H groups in total. The van der Waals surface area contributed by atoms with Crippen molar-refractivity contribution < 1.29 is 115 Å². The molecule has 4 saturated heterocycles. The highest BCUT2D eigenvalue weighted by molar-refractivity contribution is 5.32. The van der Waals surface area contributed by atoms with E-state index in [0.717, 1.165) is 19.3 Å². The highest BCUT2D eigenvalue weighted by Gasteiger charge is 2.70. The average Bonchev–Trinajstić information content (AvgIpc) is 3.93. The minimum atomic E-state index is -2.00. The molecule has 23 nitrogen and oxygen atoms in total. The van der Waals surface area contributed by atoms with Gasteiger partial charge in [-0.3, -0.25) is 0 Å². The second-order valence-corrected chi connectivity index (χ2v) is 25.9. The Morgan fingerprint density at radius 3 is 1.73 bits per heavy atom. The zero-order chi connectivity index (χ0) is 56.8. The van der Waals surface area contributed by atoms with Crippen LogP contribution in [0.25, 0.3) is 0 Å². The minimum Gasteiger partial charge on any atom is -0.394 e. The SMILES string of the molecule is C[C@H](CC[C@@H](O[C@@H]1O[C@H](CO)[C@@H](O)[C@H](O)[C@H]1O[C@@H]1O[C@H](CO)C([C@H]2O[C@H](CO)[C@@H](O)[C@H](O)[C@H]2O)[C@H](O)[C@H]1O)C(C)(C)O)C1CC[C@@]2(C)C3CC=C4C(CC[C@H](O[C@@H]5O[C@H](CO)[C@@H](O)[C@H](O)[C@H]5O)C4(C)C)[C@]3(C)[C@H](O)C[C@]12C. The van der Waals surface area contributed by atoms with E-state index >= 15 is 0 Å². The zero-order valence-electron chi connectivity index (χ0n) is 45.7. The highest BCUT2D eigenvalue weighted by Crippen LogP contribution is 2.75. The van der Waals surface area contributed by atoms with E-state index in [1.807, 2.05) is 0 Å². The Bertz CT molecular complexity index is 2000. The number of ether oxygens (including phenoxy) is 7. The maximum atomic E-state index is 12.7. The standard InChI is InChI=1S/C54H92O23/c1-22(23-15-16-52(6)30-12-10-24-25(54(30,8)31(59)17-53(23,52)7)11-14-32(50(24,2)3)75-47-44(69)40(65)36(61)28(20-57)73-47)9-13-33(51(4,5)70)76-49-46(41(66)37(62)29(21-58)74-49)77-48-43(68)38(63)34(26(18-55)72-48)45-42(67)39(64)35(60)27(19-56)71-45/h10,22-23,25-49,55-70H,9,11-21H2,1-8H3/t22-,23?,25?,26-,27-,28-,29-,30?,31-,32+,33-,34?,35-,36-,37-,38+,39+,40+,41+,42-,43-,44-,45-,46-,47+,48+,49+,52+,53-,54+/m1/s1. The molecule has 446 valence electrons. The zero-order valence-corrected chi connectivity index (χ0v) is 45.7. The summed E-state index contributed by atoms with van der Waals surface area (Å²) in [5.74, 6) is -1.16. The van der Waals surface area contributed by atoms with Gasteiger partial charge >= 0.3 is 0 Å². The molecule has 7 fully saturated rings. The van der Waals surface area contributed by atoms with Gasteiger partial charge < -0.3 is 115 Å². The molecule has 4 heterocycles. The lowest BCUT2D eigenvalue weighted by molar-refractivity contribution is -0.379. The number of allylic oxidation sites excluding steroid dienone is 1. The number of aliphatic hydroxyl groups is 16. The van der Waals surface area contributed by atoms with Crippen LogP contribution in [0, 0.1) is 51.2 Å². The molecule has 8 rings (SSSR count). The molecule has 8 aliphatic rings. The van der Waals surface area contributed by atoms with Crippen molar-refractivity contribution in [3.63, 3.8) is 0 Å². The third-order valence-corrected chi connectivity index (χ3v) is 21.1. The van der Waals surface area contributed by atoms with E-state index in [1.165, 1.54) is 5.57 Å². The summed E-state index contributed by atoms with van der Waals surface area (Å²) in [6.07, 6.45) is -25.6. The van der Waals surface area contributed by atoms with Gasteiger partial charge in [0.25, 0.3) is 0 Å². The third-order valence-electron chi connectivity index (χ3n) is 21.1. The Morgan fingerprint density at radius 1 is 0.597 bits per heavy atom. The lowest BCUT2D eigenvalue weighted by atomic mass is 9.38. The van der Waals surface area contributed by atoms with Crippen molar-refractivity contribution in [3.05, 3.63) is 11.6 Å². The predicted molar refractivity (Wildman–Crippen MR) is 266 cm³/mol. The minimum absolute atomic E-state index is 0.0193. The van der Waals surface area contributed by atoms with Crippen molar-refractivity contribution in [1.82, 2.24) is 0 Å². The van der Waals surface area contributed by atoms with Crippen molar-refractivity contribution in [2.75, 3.05) is 26.4 Å². The molecule has 0 bridgehead atoms. The van der Waals surface area contributed by atoms with Crippen molar-refractivity contribution in [2.45, 2.75) is 247 Å². The van der Waals surface area contributed by atoms with Gasteiger partial charge in [-0.15, -0.1) is 0 Å². The molecular formula is C54H92O23. The maximum absolute atomic E-state index is 12.7. The van der Waals surface area contributed by atoms with Gasteiger partial charge in [0.05, 0.1) is 68.7 Å². The lowest BCUT2D eigenvalue weighted by Crippen LogP contribution is -2.68. The Morgan fingerprint density at radius 2 is 1.13 bits per heavy atom. The largest absolute Gasteiger partial charge is 0.394 e. The summed E-state index contributed by atoms with van der Waals surface area (Å²) in [4.78, 5) is 0. The van der Waals surface area contributed by atoms with Crippen LogP contribution >= 0.6 is 0 Å². The molecule has 30 atom stereocenters. The first-order chi connectivity index (χ1) is 36.0. The second kappa shape index (κ2) is 23.1. The normalized spacial score (nSPS) is 51.9. The fourth-order valence-corrected chi connectivity index (χ4v) is 16.1. The monoisotopic (exact) mass is 1110 g/mol. The lowest BCUT2D eigenvalue weighted by Gasteiger charge is -2.67. The summed E-state index contributed by atoms with van der Waals surface area (Å²) in [5.41, 5.74) is -1.95. The molecule has 0 aromatic carbocycles. The van der Waals surface area contributed by atoms with E-state index in [0.29, 0.717) is 25.7 Å². The van der Waals surface area contributed by atoms with E-state index in [-0.39, 0.29) is 40.9 Å². The Balaban J connectivity index is 0.961. The molecule has 4 aliphatic heterocycles. The predicted octanol–water partition coefficient (Wildman–Crippen LogP) is -2.96. The van der Waals surface area contributed by atoms with Gasteiger partial charge in [-0.2, -0.15) is 0 Å². The molecule has 0 amide bonds. The van der Waals surface area contributed by atoms with Gasteiger partial charge in [-0.05, 0) is 99.7 Å². The third kappa shape index (κ3) is 10.6. The summed E-state index contributed by atoms with van der Waals surface area (Å²) in [5, 5.41) is 174. The van der Waals surface area contributed by atoms with Crippen LogP contribution in [-0.4, -0.2) is 249 Å². The van der Waals surface area contributed by atoms with E-state index in [2.05, 4.69) is 47.6 Å². The number of hydrogen-bond acceptors (Lipinski definition) is 23. The summed E-state index contributed by atoms with van der Waals surface area (Å²) in [7, 11) is 0. The molecule has 0 radical (unpaired) electrons. The highest BCUT2D eigenvalue weighted by atomic mass is 16.8. The quantitative estimate of drug-likeness (QED) is 0.0687. The van der Waals surface area contributed by atoms with Gasteiger partial charge in [-0.25, -0.2) is 0 Å². The molecule has 0 aromatic rings. The first kappa shape index (κ1) is 61.9. The molecule has 0 aromatic heterocycles. The molecule has 4 unspecified atom stereocenters. The average molecular weight is 1110 g/mol. The van der Waals surface area contributed by atoms with Crippen molar-refractivity contribution in [1.29, 1.82) is 0 Å². The van der Waals surface area contributed by atoms with Gasteiger partial charge in [0, 0.05) is 16.7 Å². The van der Waals surface area contributed by atoms with E-state index in [1.54, 1.807) is 13.8 Å².